The van der Waals surface area contributed by atoms with E-state index in [4.69, 9.17) is 0 Å². The molecule has 2 N–H and O–H groups in total. The molecule has 1 amide bonds. The largest absolute Gasteiger partial charge is 0.465 e. The molecule has 152 valence electrons. The average Bonchev–Trinajstić information content (AvgIpc) is 3.52. The molecule has 1 aromatic heterocycles. The molecule has 5 rings (SSSR count). The van der Waals surface area contributed by atoms with Crippen molar-refractivity contribution in [2.24, 2.45) is 11.3 Å². The molecule has 0 radical (unpaired) electrons. The topological polar surface area (TPSA) is 65.5 Å². The predicted molar refractivity (Wildman–Crippen MR) is 116 cm³/mol. The minimum absolute atomic E-state index is 0.0218. The monoisotopic (exact) mass is 409 g/mol. The zero-order chi connectivity index (χ0) is 19.8. The molecule has 1 aliphatic heterocycles. The molecule has 1 saturated heterocycles. The summed E-state index contributed by atoms with van der Waals surface area (Å²) in [5.74, 6) is 2.10. The van der Waals surface area contributed by atoms with E-state index in [-0.39, 0.29) is 11.5 Å². The molecule has 29 heavy (non-hydrogen) atoms. The van der Waals surface area contributed by atoms with E-state index in [2.05, 4.69) is 45.5 Å². The van der Waals surface area contributed by atoms with Crippen molar-refractivity contribution in [3.63, 3.8) is 0 Å². The maximum absolute atomic E-state index is 11.5. The first-order chi connectivity index (χ1) is 14.1. The molecule has 1 spiro atoms. The molecule has 2 fully saturated rings. The van der Waals surface area contributed by atoms with Crippen LogP contribution in [0.3, 0.4) is 0 Å². The van der Waals surface area contributed by atoms with Crippen LogP contribution in [0.1, 0.15) is 42.9 Å². The van der Waals surface area contributed by atoms with Crippen LogP contribution in [0.25, 0.3) is 0 Å². The molecule has 1 saturated carbocycles. The van der Waals surface area contributed by atoms with E-state index in [9.17, 15) is 9.90 Å². The number of aromatic nitrogens is 1. The van der Waals surface area contributed by atoms with Gasteiger partial charge in [0.2, 0.25) is 0 Å². The normalized spacial score (nSPS) is 22.5. The number of thioether (sulfide) groups is 1. The van der Waals surface area contributed by atoms with Gasteiger partial charge in [0.25, 0.3) is 0 Å². The standard InChI is InChI=1S/C23H27N3O2S/c27-22(28)25-21-19-4-2-1-3-17(19)13-23(21)9-11-26(12-10-23)18-7-8-20(24-14-18)29-15-16-5-6-16/h1-4,7-8,14,16,21,25H,5-6,9-13,15H2,(H,27,28)/t21-/m1/s1. The van der Waals surface area contributed by atoms with Crippen molar-refractivity contribution in [1.82, 2.24) is 10.3 Å². The van der Waals surface area contributed by atoms with Gasteiger partial charge in [0.15, 0.2) is 0 Å². The van der Waals surface area contributed by atoms with Crippen LogP contribution in [0.15, 0.2) is 47.6 Å². The Morgan fingerprint density at radius 2 is 2.00 bits per heavy atom. The Balaban J connectivity index is 1.27. The Bertz CT molecular complexity index is 889. The molecule has 1 aromatic carbocycles. The van der Waals surface area contributed by atoms with Crippen molar-refractivity contribution >= 4 is 23.5 Å². The summed E-state index contributed by atoms with van der Waals surface area (Å²) in [5.41, 5.74) is 3.60. The number of anilines is 1. The second-order valence-corrected chi connectivity index (χ2v) is 9.76. The number of hydrogen-bond donors (Lipinski definition) is 2. The van der Waals surface area contributed by atoms with Crippen molar-refractivity contribution < 1.29 is 9.90 Å². The summed E-state index contributed by atoms with van der Waals surface area (Å²) in [6, 6.07) is 12.5. The van der Waals surface area contributed by atoms with Crippen molar-refractivity contribution in [2.75, 3.05) is 23.7 Å². The molecule has 2 aliphatic carbocycles. The Labute approximate surface area is 175 Å². The number of nitrogens with one attached hydrogen (secondary N) is 1. The Morgan fingerprint density at radius 1 is 1.21 bits per heavy atom. The molecule has 1 atom stereocenters. The number of rotatable bonds is 5. The third-order valence-electron chi connectivity index (χ3n) is 6.80. The first kappa shape index (κ1) is 18.8. The lowest BCUT2D eigenvalue weighted by Crippen LogP contribution is -2.46. The number of amides is 1. The van der Waals surface area contributed by atoms with Crippen LogP contribution < -0.4 is 10.2 Å². The van der Waals surface area contributed by atoms with Crippen LogP contribution in [0, 0.1) is 11.3 Å². The van der Waals surface area contributed by atoms with Gasteiger partial charge in [-0.2, -0.15) is 0 Å². The highest BCUT2D eigenvalue weighted by molar-refractivity contribution is 7.99. The lowest BCUT2D eigenvalue weighted by atomic mass is 9.72. The molecular formula is C23H27N3O2S. The van der Waals surface area contributed by atoms with Gasteiger partial charge in [-0.25, -0.2) is 9.78 Å². The number of pyridine rings is 1. The Hall–Kier alpha value is -2.21. The van der Waals surface area contributed by atoms with Gasteiger partial charge in [0, 0.05) is 24.3 Å². The molecule has 2 aromatic rings. The molecule has 3 aliphatic rings. The van der Waals surface area contributed by atoms with E-state index in [1.807, 2.05) is 24.0 Å². The van der Waals surface area contributed by atoms with Gasteiger partial charge in [0.1, 0.15) is 0 Å². The summed E-state index contributed by atoms with van der Waals surface area (Å²) in [6.45, 7) is 1.87. The van der Waals surface area contributed by atoms with Gasteiger partial charge in [-0.05, 0) is 61.3 Å². The summed E-state index contributed by atoms with van der Waals surface area (Å²) in [7, 11) is 0. The van der Waals surface area contributed by atoms with Crippen molar-refractivity contribution in [1.29, 1.82) is 0 Å². The summed E-state index contributed by atoms with van der Waals surface area (Å²) in [5, 5.41) is 13.4. The van der Waals surface area contributed by atoms with Crippen LogP contribution in [0.5, 0.6) is 0 Å². The van der Waals surface area contributed by atoms with Crippen LogP contribution >= 0.6 is 11.8 Å². The second-order valence-electron chi connectivity index (χ2n) is 8.72. The summed E-state index contributed by atoms with van der Waals surface area (Å²) in [6.07, 6.45) is 6.73. The Kier molecular flexibility index (Phi) is 4.90. The smallest absolute Gasteiger partial charge is 0.405 e. The predicted octanol–water partition coefficient (Wildman–Crippen LogP) is 4.74. The zero-order valence-electron chi connectivity index (χ0n) is 16.5. The lowest BCUT2D eigenvalue weighted by molar-refractivity contribution is 0.141. The van der Waals surface area contributed by atoms with E-state index in [0.717, 1.165) is 48.9 Å². The number of carbonyl (C=O) groups is 1. The number of benzene rings is 1. The van der Waals surface area contributed by atoms with E-state index in [0.29, 0.717) is 0 Å². The van der Waals surface area contributed by atoms with Gasteiger partial charge >= 0.3 is 6.09 Å². The van der Waals surface area contributed by atoms with Crippen molar-refractivity contribution in [3.05, 3.63) is 53.7 Å². The summed E-state index contributed by atoms with van der Waals surface area (Å²) >= 11 is 1.87. The van der Waals surface area contributed by atoms with Crippen LogP contribution in [-0.2, 0) is 6.42 Å². The highest BCUT2D eigenvalue weighted by Gasteiger charge is 2.48. The molecule has 2 heterocycles. The lowest BCUT2D eigenvalue weighted by Gasteiger charge is -2.44. The molecule has 0 bridgehead atoms. The van der Waals surface area contributed by atoms with E-state index >= 15 is 0 Å². The third kappa shape index (κ3) is 3.82. The maximum atomic E-state index is 11.5. The van der Waals surface area contributed by atoms with Crippen LogP contribution in [0.2, 0.25) is 0 Å². The minimum atomic E-state index is -0.933. The van der Waals surface area contributed by atoms with E-state index < -0.39 is 6.09 Å². The van der Waals surface area contributed by atoms with Gasteiger partial charge in [-0.1, -0.05) is 24.3 Å². The second kappa shape index (κ2) is 7.56. The fraction of sp³-hybridized carbons (Fsp3) is 0.478. The third-order valence-corrected chi connectivity index (χ3v) is 7.97. The SMILES string of the molecule is O=C(O)N[C@@H]1c2ccccc2CC12CCN(c1ccc(SCC3CC3)nc1)CC2. The van der Waals surface area contributed by atoms with Gasteiger partial charge < -0.3 is 15.3 Å². The first-order valence-corrected chi connectivity index (χ1v) is 11.5. The Morgan fingerprint density at radius 3 is 2.69 bits per heavy atom. The van der Waals surface area contributed by atoms with Crippen LogP contribution in [0.4, 0.5) is 10.5 Å². The fourth-order valence-electron chi connectivity index (χ4n) is 4.95. The van der Waals surface area contributed by atoms with Gasteiger partial charge in [-0.3, -0.25) is 0 Å². The number of carboxylic acid groups (broad SMARTS) is 1. The minimum Gasteiger partial charge on any atom is -0.465 e. The van der Waals surface area contributed by atoms with Crippen LogP contribution in [-0.4, -0.2) is 35.0 Å². The van der Waals surface area contributed by atoms with Crippen molar-refractivity contribution in [2.45, 2.75) is 43.2 Å². The molecule has 6 heteroatoms. The summed E-state index contributed by atoms with van der Waals surface area (Å²) in [4.78, 5) is 18.5. The highest BCUT2D eigenvalue weighted by atomic mass is 32.2. The van der Waals surface area contributed by atoms with Gasteiger partial charge in [0.05, 0.1) is 23.0 Å². The highest BCUT2D eigenvalue weighted by Crippen LogP contribution is 2.52. The fourth-order valence-corrected chi connectivity index (χ4v) is 5.98. The zero-order valence-corrected chi connectivity index (χ0v) is 17.3. The summed E-state index contributed by atoms with van der Waals surface area (Å²) < 4.78 is 0. The average molecular weight is 410 g/mol. The van der Waals surface area contributed by atoms with E-state index in [1.54, 1.807) is 0 Å². The number of piperidine rings is 1. The molecular weight excluding hydrogens is 382 g/mol. The first-order valence-electron chi connectivity index (χ1n) is 10.5. The van der Waals surface area contributed by atoms with Gasteiger partial charge in [-0.15, -0.1) is 11.8 Å². The van der Waals surface area contributed by atoms with Crippen molar-refractivity contribution in [3.8, 4) is 0 Å². The quantitative estimate of drug-likeness (QED) is 0.699. The number of hydrogen-bond acceptors (Lipinski definition) is 4. The maximum Gasteiger partial charge on any atom is 0.405 e. The number of nitrogens with zero attached hydrogens (tertiary/aromatic N) is 2. The molecule has 0 unspecified atom stereocenters. The van der Waals surface area contributed by atoms with E-state index in [1.165, 1.54) is 29.8 Å². The molecule has 5 nitrogen and oxygen atoms in total. The number of fused-ring (bicyclic) bond motifs is 1.